The van der Waals surface area contributed by atoms with Crippen molar-refractivity contribution in [1.82, 2.24) is 14.8 Å². The number of carbonyl (C=O) groups is 1. The first-order valence-corrected chi connectivity index (χ1v) is 16.2. The fourth-order valence-electron chi connectivity index (χ4n) is 5.06. The van der Waals surface area contributed by atoms with Gasteiger partial charge in [-0.1, -0.05) is 61.2 Å². The Morgan fingerprint density at radius 3 is 2.60 bits per heavy atom. The number of anilines is 2. The van der Waals surface area contributed by atoms with Crippen LogP contribution in [0.25, 0.3) is 0 Å². The molecule has 224 valence electrons. The van der Waals surface area contributed by atoms with Crippen LogP contribution in [0, 0.1) is 13.8 Å². The van der Waals surface area contributed by atoms with E-state index < -0.39 is 6.04 Å². The van der Waals surface area contributed by atoms with Gasteiger partial charge in [0.05, 0.1) is 23.3 Å². The first kappa shape index (κ1) is 30.7. The Bertz CT molecular complexity index is 1650. The Morgan fingerprint density at radius 2 is 1.86 bits per heavy atom. The van der Waals surface area contributed by atoms with Gasteiger partial charge in [0, 0.05) is 17.8 Å². The molecular formula is C33H36BrN5O3S. The molecule has 4 aromatic rings. The first-order chi connectivity index (χ1) is 20.8. The summed E-state index contributed by atoms with van der Waals surface area (Å²) in [6, 6.07) is 19.5. The topological polar surface area (TPSA) is 90.3 Å². The number of rotatable bonds is 11. The number of hydrogen-bond acceptors (Lipinski definition) is 7. The maximum atomic E-state index is 14.1. The van der Waals surface area contributed by atoms with Gasteiger partial charge in [-0.3, -0.25) is 4.79 Å². The molecule has 1 amide bonds. The lowest BCUT2D eigenvalue weighted by Gasteiger charge is -2.29. The molecule has 8 nitrogen and oxygen atoms in total. The van der Waals surface area contributed by atoms with E-state index in [9.17, 15) is 4.79 Å². The van der Waals surface area contributed by atoms with Gasteiger partial charge in [-0.05, 0) is 89.8 Å². The summed E-state index contributed by atoms with van der Waals surface area (Å²) >= 11 is 5.30. The van der Waals surface area contributed by atoms with Crippen LogP contribution in [0.1, 0.15) is 49.1 Å². The minimum Gasteiger partial charge on any atom is -0.490 e. The van der Waals surface area contributed by atoms with Gasteiger partial charge >= 0.3 is 0 Å². The van der Waals surface area contributed by atoms with Gasteiger partial charge in [0.1, 0.15) is 6.04 Å². The van der Waals surface area contributed by atoms with Crippen molar-refractivity contribution in [1.29, 1.82) is 0 Å². The number of nitrogens with one attached hydrogen (secondary N) is 2. The van der Waals surface area contributed by atoms with Crippen molar-refractivity contribution < 1.29 is 14.3 Å². The van der Waals surface area contributed by atoms with Gasteiger partial charge in [0.15, 0.2) is 11.5 Å². The van der Waals surface area contributed by atoms with Crippen molar-refractivity contribution in [3.8, 4) is 11.5 Å². The fraction of sp³-hybridized carbons (Fsp3) is 0.303. The largest absolute Gasteiger partial charge is 0.490 e. The van der Waals surface area contributed by atoms with Crippen LogP contribution >= 0.6 is 27.7 Å². The summed E-state index contributed by atoms with van der Waals surface area (Å²) in [7, 11) is 0. The Hall–Kier alpha value is -3.76. The quantitative estimate of drug-likeness (QED) is 0.159. The van der Waals surface area contributed by atoms with Crippen LogP contribution in [0.3, 0.4) is 0 Å². The van der Waals surface area contributed by atoms with E-state index in [1.54, 1.807) is 16.4 Å². The highest BCUT2D eigenvalue weighted by Crippen LogP contribution is 2.43. The van der Waals surface area contributed by atoms with Gasteiger partial charge < -0.3 is 20.1 Å². The Kier molecular flexibility index (Phi) is 9.77. The highest BCUT2D eigenvalue weighted by molar-refractivity contribution is 9.10. The van der Waals surface area contributed by atoms with Gasteiger partial charge in [0.25, 0.3) is 5.91 Å². The van der Waals surface area contributed by atoms with E-state index in [1.807, 2.05) is 76.2 Å². The standard InChI is InChI=1S/C33H36BrN5O3S/c1-6-41-27-19-24(18-25(34)30(27)42-17-16-23-13-9-8-10-14-23)29-28(31(40)36-26-15-11-12-20(3)21(26)4)22(5)35-32-37-33(43-7-2)38-39(29)32/h8-15,18-19,29H,6-7,16-17H2,1-5H3,(H,36,40)(H,35,37,38). The second-order valence-electron chi connectivity index (χ2n) is 10.2. The number of halogens is 1. The van der Waals surface area contributed by atoms with E-state index >= 15 is 0 Å². The number of hydrogen-bond donors (Lipinski definition) is 2. The molecule has 0 radical (unpaired) electrons. The van der Waals surface area contributed by atoms with Crippen LogP contribution in [0.4, 0.5) is 11.6 Å². The van der Waals surface area contributed by atoms with E-state index in [-0.39, 0.29) is 5.91 Å². The summed E-state index contributed by atoms with van der Waals surface area (Å²) < 4.78 is 14.9. The average Bonchev–Trinajstić information content (AvgIpc) is 3.38. The zero-order valence-corrected chi connectivity index (χ0v) is 27.4. The molecule has 0 aliphatic carbocycles. The molecule has 1 aromatic heterocycles. The van der Waals surface area contributed by atoms with E-state index in [2.05, 4.69) is 45.6 Å². The van der Waals surface area contributed by atoms with E-state index in [0.29, 0.717) is 47.1 Å². The van der Waals surface area contributed by atoms with Crippen molar-refractivity contribution in [2.24, 2.45) is 0 Å². The lowest BCUT2D eigenvalue weighted by Crippen LogP contribution is -2.31. The van der Waals surface area contributed by atoms with Crippen molar-refractivity contribution >= 4 is 45.2 Å². The van der Waals surface area contributed by atoms with Crippen LogP contribution in [0.15, 0.2) is 81.6 Å². The molecule has 1 atom stereocenters. The van der Waals surface area contributed by atoms with Gasteiger partial charge in [0.2, 0.25) is 11.1 Å². The van der Waals surface area contributed by atoms with Gasteiger partial charge in [-0.25, -0.2) is 4.68 Å². The fourth-order valence-corrected chi connectivity index (χ4v) is 6.19. The second kappa shape index (κ2) is 13.7. The van der Waals surface area contributed by atoms with Crippen molar-refractivity contribution in [2.45, 2.75) is 52.2 Å². The molecule has 43 heavy (non-hydrogen) atoms. The first-order valence-electron chi connectivity index (χ1n) is 14.4. The van der Waals surface area contributed by atoms with Crippen LogP contribution in [0.5, 0.6) is 11.5 Å². The average molecular weight is 663 g/mol. The molecule has 10 heteroatoms. The van der Waals surface area contributed by atoms with Crippen molar-refractivity contribution in [3.05, 3.63) is 98.7 Å². The number of carbonyl (C=O) groups excluding carboxylic acids is 1. The van der Waals surface area contributed by atoms with Crippen LogP contribution < -0.4 is 20.1 Å². The number of aryl methyl sites for hydroxylation is 1. The molecule has 1 aliphatic heterocycles. The SMILES string of the molecule is CCOc1cc(C2C(C(=O)Nc3cccc(C)c3C)=C(C)Nc3nc(SCC)nn32)cc(Br)c1OCCc1ccccc1. The lowest BCUT2D eigenvalue weighted by atomic mass is 9.94. The number of benzene rings is 3. The molecule has 2 N–H and O–H groups in total. The monoisotopic (exact) mass is 661 g/mol. The van der Waals surface area contributed by atoms with E-state index in [4.69, 9.17) is 19.6 Å². The number of thioether (sulfide) groups is 1. The third-order valence-electron chi connectivity index (χ3n) is 7.33. The van der Waals surface area contributed by atoms with Gasteiger partial charge in [-0.2, -0.15) is 4.98 Å². The summed E-state index contributed by atoms with van der Waals surface area (Å²) in [5.74, 6) is 2.41. The highest BCUT2D eigenvalue weighted by atomic mass is 79.9. The Morgan fingerprint density at radius 1 is 1.07 bits per heavy atom. The molecule has 5 rings (SSSR count). The van der Waals surface area contributed by atoms with E-state index in [0.717, 1.165) is 39.0 Å². The number of nitrogens with zero attached hydrogens (tertiary/aromatic N) is 3. The number of amides is 1. The third kappa shape index (κ3) is 6.75. The smallest absolute Gasteiger partial charge is 0.255 e. The maximum absolute atomic E-state index is 14.1. The van der Waals surface area contributed by atoms with Crippen molar-refractivity contribution in [3.63, 3.8) is 0 Å². The summed E-state index contributed by atoms with van der Waals surface area (Å²) in [6.07, 6.45) is 0.764. The molecule has 1 unspecified atom stereocenters. The molecule has 1 aliphatic rings. The molecule has 0 saturated heterocycles. The zero-order valence-electron chi connectivity index (χ0n) is 25.0. The minimum atomic E-state index is -0.561. The zero-order chi connectivity index (χ0) is 30.5. The molecule has 3 aromatic carbocycles. The molecule has 0 bridgehead atoms. The number of ether oxygens (including phenoxy) is 2. The number of fused-ring (bicyclic) bond motifs is 1. The summed E-state index contributed by atoms with van der Waals surface area (Å²) in [5.41, 5.74) is 6.16. The summed E-state index contributed by atoms with van der Waals surface area (Å²) in [6.45, 7) is 10.9. The lowest BCUT2D eigenvalue weighted by molar-refractivity contribution is -0.113. The highest BCUT2D eigenvalue weighted by Gasteiger charge is 2.35. The Balaban J connectivity index is 1.54. The molecule has 2 heterocycles. The van der Waals surface area contributed by atoms with Crippen LogP contribution in [0.2, 0.25) is 0 Å². The van der Waals surface area contributed by atoms with E-state index in [1.165, 1.54) is 5.56 Å². The predicted molar refractivity (Wildman–Crippen MR) is 176 cm³/mol. The van der Waals surface area contributed by atoms with Crippen molar-refractivity contribution in [2.75, 3.05) is 29.6 Å². The molecular weight excluding hydrogens is 626 g/mol. The summed E-state index contributed by atoms with van der Waals surface area (Å²) in [5, 5.41) is 11.9. The predicted octanol–water partition coefficient (Wildman–Crippen LogP) is 7.72. The van der Waals surface area contributed by atoms with Gasteiger partial charge in [-0.15, -0.1) is 5.10 Å². The Labute approximate surface area is 265 Å². The van der Waals surface area contributed by atoms with Crippen LogP contribution in [-0.4, -0.2) is 39.6 Å². The molecule has 0 fully saturated rings. The normalized spacial score (nSPS) is 14.2. The number of allylic oxidation sites excluding steroid dienone is 1. The molecule has 0 saturated carbocycles. The second-order valence-corrected chi connectivity index (χ2v) is 12.3. The molecule has 0 spiro atoms. The summed E-state index contributed by atoms with van der Waals surface area (Å²) in [4.78, 5) is 18.8. The maximum Gasteiger partial charge on any atom is 0.255 e. The number of aromatic nitrogens is 3. The minimum absolute atomic E-state index is 0.216. The third-order valence-corrected chi connectivity index (χ3v) is 8.64. The van der Waals surface area contributed by atoms with Crippen LogP contribution in [-0.2, 0) is 11.2 Å².